The van der Waals surface area contributed by atoms with Crippen LogP contribution in [-0.2, 0) is 6.42 Å². The standard InChI is InChI=1S/C11H10BrNO2/c12-9-6-8(2-1-3-13)7-10-11(9)15-5-4-14-10/h6-7H,1-2,4-5H2. The molecule has 15 heavy (non-hydrogen) atoms. The molecular weight excluding hydrogens is 258 g/mol. The van der Waals surface area contributed by atoms with Crippen molar-refractivity contribution in [2.24, 2.45) is 0 Å². The zero-order chi connectivity index (χ0) is 10.7. The summed E-state index contributed by atoms with van der Waals surface area (Å²) in [4.78, 5) is 0. The second kappa shape index (κ2) is 4.54. The van der Waals surface area contributed by atoms with Crippen molar-refractivity contribution < 1.29 is 9.47 Å². The lowest BCUT2D eigenvalue weighted by atomic mass is 10.1. The smallest absolute Gasteiger partial charge is 0.175 e. The summed E-state index contributed by atoms with van der Waals surface area (Å²) in [6, 6.07) is 6.05. The molecule has 1 aromatic rings. The lowest BCUT2D eigenvalue weighted by molar-refractivity contribution is 0.170. The minimum atomic E-state index is 0.520. The molecule has 0 N–H and O–H groups in total. The van der Waals surface area contributed by atoms with E-state index in [-0.39, 0.29) is 0 Å². The van der Waals surface area contributed by atoms with Crippen molar-refractivity contribution in [3.05, 3.63) is 22.2 Å². The van der Waals surface area contributed by atoms with Crippen LogP contribution in [0.1, 0.15) is 12.0 Å². The number of ether oxygens (including phenoxy) is 2. The molecule has 0 aliphatic carbocycles. The molecule has 2 rings (SSSR count). The van der Waals surface area contributed by atoms with Crippen molar-refractivity contribution in [1.29, 1.82) is 5.26 Å². The van der Waals surface area contributed by atoms with Crippen molar-refractivity contribution >= 4 is 15.9 Å². The molecule has 1 aliphatic heterocycles. The highest BCUT2D eigenvalue weighted by Crippen LogP contribution is 2.38. The number of benzene rings is 1. The highest BCUT2D eigenvalue weighted by molar-refractivity contribution is 9.10. The van der Waals surface area contributed by atoms with Crippen LogP contribution in [-0.4, -0.2) is 13.2 Å². The predicted octanol–water partition coefficient (Wildman–Crippen LogP) is 2.68. The number of aryl methyl sites for hydroxylation is 1. The molecule has 0 unspecified atom stereocenters. The molecule has 1 aromatic carbocycles. The van der Waals surface area contributed by atoms with E-state index in [0.717, 1.165) is 28.0 Å². The van der Waals surface area contributed by atoms with E-state index in [4.69, 9.17) is 14.7 Å². The first-order valence-electron chi connectivity index (χ1n) is 4.76. The molecule has 3 nitrogen and oxygen atoms in total. The summed E-state index contributed by atoms with van der Waals surface area (Å²) in [5.74, 6) is 1.53. The summed E-state index contributed by atoms with van der Waals surface area (Å²) >= 11 is 3.44. The van der Waals surface area contributed by atoms with Crippen LogP contribution < -0.4 is 9.47 Å². The van der Waals surface area contributed by atoms with Crippen LogP contribution in [0.15, 0.2) is 16.6 Å². The van der Waals surface area contributed by atoms with E-state index in [0.29, 0.717) is 19.6 Å². The fourth-order valence-corrected chi connectivity index (χ4v) is 2.11. The zero-order valence-electron chi connectivity index (χ0n) is 8.12. The lowest BCUT2D eigenvalue weighted by Gasteiger charge is -2.20. The Morgan fingerprint density at radius 2 is 2.13 bits per heavy atom. The number of halogens is 1. The molecule has 0 aromatic heterocycles. The Hall–Kier alpha value is -1.21. The SMILES string of the molecule is N#CCCc1cc(Br)c2c(c1)OCCO2. The van der Waals surface area contributed by atoms with Gasteiger partial charge in [-0.15, -0.1) is 0 Å². The van der Waals surface area contributed by atoms with Gasteiger partial charge >= 0.3 is 0 Å². The first-order valence-corrected chi connectivity index (χ1v) is 5.55. The Balaban J connectivity index is 2.29. The van der Waals surface area contributed by atoms with Gasteiger partial charge in [-0.3, -0.25) is 0 Å². The predicted molar refractivity (Wildman–Crippen MR) is 59.1 cm³/mol. The van der Waals surface area contributed by atoms with E-state index < -0.39 is 0 Å². The van der Waals surface area contributed by atoms with Crippen molar-refractivity contribution in [2.45, 2.75) is 12.8 Å². The number of hydrogen-bond acceptors (Lipinski definition) is 3. The zero-order valence-corrected chi connectivity index (χ0v) is 9.71. The number of fused-ring (bicyclic) bond motifs is 1. The molecular formula is C11H10BrNO2. The van der Waals surface area contributed by atoms with E-state index in [1.807, 2.05) is 12.1 Å². The minimum absolute atomic E-state index is 0.520. The summed E-state index contributed by atoms with van der Waals surface area (Å²) in [6.07, 6.45) is 1.26. The molecule has 78 valence electrons. The van der Waals surface area contributed by atoms with Crippen molar-refractivity contribution in [1.82, 2.24) is 0 Å². The summed E-state index contributed by atoms with van der Waals surface area (Å²) in [5.41, 5.74) is 1.09. The first kappa shape index (κ1) is 10.3. The number of nitrogens with zero attached hydrogens (tertiary/aromatic N) is 1. The average molecular weight is 268 g/mol. The maximum absolute atomic E-state index is 8.52. The van der Waals surface area contributed by atoms with E-state index in [2.05, 4.69) is 22.0 Å². The summed E-state index contributed by atoms with van der Waals surface area (Å²) in [6.45, 7) is 1.17. The third-order valence-corrected chi connectivity index (χ3v) is 2.77. The normalized spacial score (nSPS) is 13.3. The van der Waals surface area contributed by atoms with Gasteiger partial charge in [0.05, 0.1) is 10.5 Å². The van der Waals surface area contributed by atoms with E-state index in [1.165, 1.54) is 0 Å². The third kappa shape index (κ3) is 2.24. The van der Waals surface area contributed by atoms with Crippen LogP contribution in [0.4, 0.5) is 0 Å². The molecule has 0 fully saturated rings. The highest BCUT2D eigenvalue weighted by Gasteiger charge is 2.15. The topological polar surface area (TPSA) is 42.2 Å². The fraction of sp³-hybridized carbons (Fsp3) is 0.364. The lowest BCUT2D eigenvalue weighted by Crippen LogP contribution is -2.15. The second-order valence-electron chi connectivity index (χ2n) is 3.26. The Kier molecular flexibility index (Phi) is 3.12. The van der Waals surface area contributed by atoms with Gasteiger partial charge in [-0.25, -0.2) is 0 Å². The number of hydrogen-bond donors (Lipinski definition) is 0. The van der Waals surface area contributed by atoms with Gasteiger partial charge in [-0.1, -0.05) is 0 Å². The Bertz CT molecular complexity index is 412. The molecule has 4 heteroatoms. The monoisotopic (exact) mass is 267 g/mol. The number of nitriles is 1. The molecule has 1 aliphatic rings. The molecule has 0 saturated heterocycles. The van der Waals surface area contributed by atoms with E-state index in [9.17, 15) is 0 Å². The van der Waals surface area contributed by atoms with Gasteiger partial charge in [-0.2, -0.15) is 5.26 Å². The maximum Gasteiger partial charge on any atom is 0.175 e. The van der Waals surface area contributed by atoms with Gasteiger partial charge < -0.3 is 9.47 Å². The van der Waals surface area contributed by atoms with Crippen LogP contribution in [0, 0.1) is 11.3 Å². The first-order chi connectivity index (χ1) is 7.31. The molecule has 0 bridgehead atoms. The Morgan fingerprint density at radius 3 is 2.93 bits per heavy atom. The molecule has 0 amide bonds. The molecule has 0 atom stereocenters. The average Bonchev–Trinajstić information content (AvgIpc) is 2.26. The van der Waals surface area contributed by atoms with Crippen molar-refractivity contribution in [3.8, 4) is 17.6 Å². The summed E-state index contributed by atoms with van der Waals surface area (Å²) in [7, 11) is 0. The quantitative estimate of drug-likeness (QED) is 0.828. The molecule has 1 heterocycles. The Labute approximate surface area is 96.7 Å². The van der Waals surface area contributed by atoms with Crippen LogP contribution in [0.2, 0.25) is 0 Å². The van der Waals surface area contributed by atoms with Gasteiger partial charge in [0.25, 0.3) is 0 Å². The van der Waals surface area contributed by atoms with E-state index in [1.54, 1.807) is 0 Å². The third-order valence-electron chi connectivity index (χ3n) is 2.18. The Morgan fingerprint density at radius 1 is 1.33 bits per heavy atom. The van der Waals surface area contributed by atoms with Gasteiger partial charge in [0.2, 0.25) is 0 Å². The van der Waals surface area contributed by atoms with Crippen LogP contribution in [0.5, 0.6) is 11.5 Å². The molecule has 0 saturated carbocycles. The van der Waals surface area contributed by atoms with Gasteiger partial charge in [0.15, 0.2) is 11.5 Å². The van der Waals surface area contributed by atoms with Crippen molar-refractivity contribution in [2.75, 3.05) is 13.2 Å². The molecule has 0 radical (unpaired) electrons. The van der Waals surface area contributed by atoms with Crippen LogP contribution >= 0.6 is 15.9 Å². The van der Waals surface area contributed by atoms with Crippen molar-refractivity contribution in [3.63, 3.8) is 0 Å². The maximum atomic E-state index is 8.52. The number of rotatable bonds is 2. The fourth-order valence-electron chi connectivity index (χ4n) is 1.51. The summed E-state index contributed by atoms with van der Waals surface area (Å²) < 4.78 is 11.9. The van der Waals surface area contributed by atoms with Gasteiger partial charge in [-0.05, 0) is 40.0 Å². The van der Waals surface area contributed by atoms with Gasteiger partial charge in [0, 0.05) is 6.42 Å². The minimum Gasteiger partial charge on any atom is -0.486 e. The van der Waals surface area contributed by atoms with Crippen LogP contribution in [0.25, 0.3) is 0 Å². The van der Waals surface area contributed by atoms with E-state index >= 15 is 0 Å². The summed E-state index contributed by atoms with van der Waals surface area (Å²) in [5, 5.41) is 8.52. The highest BCUT2D eigenvalue weighted by atomic mass is 79.9. The van der Waals surface area contributed by atoms with Crippen LogP contribution in [0.3, 0.4) is 0 Å². The van der Waals surface area contributed by atoms with Gasteiger partial charge in [0.1, 0.15) is 13.2 Å². The second-order valence-corrected chi connectivity index (χ2v) is 4.11. The largest absolute Gasteiger partial charge is 0.486 e. The molecule has 0 spiro atoms.